The fraction of sp³-hybridized carbons (Fsp3) is 0. The molecule has 1 heterocycles. The number of amides is 1. The first-order chi connectivity index (χ1) is 14.7. The minimum atomic E-state index is -3.78. The van der Waals surface area contributed by atoms with Gasteiger partial charge in [-0.3, -0.25) is 14.8 Å². The summed E-state index contributed by atoms with van der Waals surface area (Å²) in [5.74, 6) is -0.395. The number of benzene rings is 3. The van der Waals surface area contributed by atoms with Crippen molar-refractivity contribution in [2.24, 2.45) is 0 Å². The van der Waals surface area contributed by atoms with Crippen LogP contribution in [-0.4, -0.2) is 19.3 Å². The summed E-state index contributed by atoms with van der Waals surface area (Å²) in [6.45, 7) is 0. The van der Waals surface area contributed by atoms with Gasteiger partial charge in [0.25, 0.3) is 15.9 Å². The lowest BCUT2D eigenvalue weighted by molar-refractivity contribution is 0.102. The maximum Gasteiger partial charge on any atom is 0.261 e. The fourth-order valence-electron chi connectivity index (χ4n) is 2.68. The van der Waals surface area contributed by atoms with Crippen LogP contribution in [0.25, 0.3) is 10.2 Å². The summed E-state index contributed by atoms with van der Waals surface area (Å²) in [7, 11) is -3.78. The zero-order valence-electron chi connectivity index (χ0n) is 15.4. The molecule has 6 nitrogen and oxygen atoms in total. The Morgan fingerprint density at radius 1 is 0.903 bits per heavy atom. The first-order valence-corrected chi connectivity index (χ1v) is 12.1. The highest BCUT2D eigenvalue weighted by Crippen LogP contribution is 2.35. The number of hydrogen-bond acceptors (Lipinski definition) is 5. The molecule has 0 spiro atoms. The topological polar surface area (TPSA) is 88.2 Å². The zero-order valence-corrected chi connectivity index (χ0v) is 19.3. The van der Waals surface area contributed by atoms with E-state index < -0.39 is 15.9 Å². The van der Waals surface area contributed by atoms with Crippen molar-refractivity contribution < 1.29 is 13.2 Å². The van der Waals surface area contributed by atoms with Crippen LogP contribution in [0.2, 0.25) is 15.1 Å². The van der Waals surface area contributed by atoms with Gasteiger partial charge in [-0.1, -0.05) is 46.1 Å². The molecule has 0 radical (unpaired) electrons. The van der Waals surface area contributed by atoms with E-state index in [1.807, 2.05) is 0 Å². The van der Waals surface area contributed by atoms with Crippen LogP contribution in [0.1, 0.15) is 10.4 Å². The van der Waals surface area contributed by atoms with Gasteiger partial charge in [0, 0.05) is 16.3 Å². The number of fused-ring (bicyclic) bond motifs is 1. The van der Waals surface area contributed by atoms with Gasteiger partial charge in [0.05, 0.1) is 19.6 Å². The number of nitrogens with one attached hydrogen (secondary N) is 2. The highest BCUT2D eigenvalue weighted by Gasteiger charge is 2.16. The smallest absolute Gasteiger partial charge is 0.261 e. The number of carbonyl (C=O) groups excluding carboxylic acids is 1. The molecule has 0 unspecified atom stereocenters. The Labute approximate surface area is 196 Å². The van der Waals surface area contributed by atoms with E-state index in [1.54, 1.807) is 12.1 Å². The van der Waals surface area contributed by atoms with Crippen LogP contribution in [0, 0.1) is 0 Å². The molecular formula is C20H12Cl3N3O3S2. The Morgan fingerprint density at radius 2 is 1.58 bits per heavy atom. The van der Waals surface area contributed by atoms with Crippen LogP contribution in [0.3, 0.4) is 0 Å². The van der Waals surface area contributed by atoms with Crippen LogP contribution >= 0.6 is 46.1 Å². The number of nitrogens with zero attached hydrogens (tertiary/aromatic N) is 1. The third-order valence-electron chi connectivity index (χ3n) is 4.20. The maximum absolute atomic E-state index is 12.5. The zero-order chi connectivity index (χ0) is 22.2. The summed E-state index contributed by atoms with van der Waals surface area (Å²) in [5.41, 5.74) is 1.16. The fourth-order valence-corrected chi connectivity index (χ4v) is 5.15. The van der Waals surface area contributed by atoms with E-state index in [0.717, 1.165) is 4.70 Å². The molecule has 0 atom stereocenters. The summed E-state index contributed by atoms with van der Waals surface area (Å²) >= 11 is 19.2. The number of carbonyl (C=O) groups is 1. The molecule has 0 aliphatic carbocycles. The van der Waals surface area contributed by atoms with Gasteiger partial charge in [-0.25, -0.2) is 13.4 Å². The van der Waals surface area contributed by atoms with Crippen LogP contribution in [-0.2, 0) is 10.0 Å². The molecule has 2 N–H and O–H groups in total. The Hall–Kier alpha value is -2.36. The van der Waals surface area contributed by atoms with Crippen molar-refractivity contribution in [3.05, 3.63) is 81.3 Å². The summed E-state index contributed by atoms with van der Waals surface area (Å²) in [4.78, 5) is 16.9. The van der Waals surface area contributed by atoms with Gasteiger partial charge < -0.3 is 0 Å². The summed E-state index contributed by atoms with van der Waals surface area (Å²) < 4.78 is 28.1. The van der Waals surface area contributed by atoms with Gasteiger partial charge in [-0.05, 0) is 60.7 Å². The van der Waals surface area contributed by atoms with Crippen molar-refractivity contribution in [2.45, 2.75) is 4.90 Å². The lowest BCUT2D eigenvalue weighted by atomic mass is 10.2. The number of thiazole rings is 1. The van der Waals surface area contributed by atoms with Crippen LogP contribution in [0.5, 0.6) is 0 Å². The molecule has 11 heteroatoms. The van der Waals surface area contributed by atoms with Crippen LogP contribution in [0.15, 0.2) is 65.6 Å². The average Bonchev–Trinajstić information content (AvgIpc) is 3.14. The number of halogens is 3. The molecule has 158 valence electrons. The largest absolute Gasteiger partial charge is 0.298 e. The van der Waals surface area contributed by atoms with Gasteiger partial charge in [-0.15, -0.1) is 0 Å². The van der Waals surface area contributed by atoms with Gasteiger partial charge in [0.2, 0.25) is 0 Å². The SMILES string of the molecule is O=C(Nc1nc2c(Cl)c(Cl)ccc2s1)c1ccc(NS(=O)(=O)c2ccc(Cl)cc2)cc1. The van der Waals surface area contributed by atoms with Gasteiger partial charge >= 0.3 is 0 Å². The predicted molar refractivity (Wildman–Crippen MR) is 126 cm³/mol. The Balaban J connectivity index is 1.48. The number of sulfonamides is 1. The predicted octanol–water partition coefficient (Wildman–Crippen LogP) is 6.31. The Morgan fingerprint density at radius 3 is 2.26 bits per heavy atom. The van der Waals surface area contributed by atoms with Crippen molar-refractivity contribution in [3.8, 4) is 0 Å². The Bertz CT molecular complexity index is 1390. The van der Waals surface area contributed by atoms with Crippen LogP contribution in [0.4, 0.5) is 10.8 Å². The van der Waals surface area contributed by atoms with Crippen molar-refractivity contribution in [2.75, 3.05) is 10.0 Å². The molecule has 0 saturated heterocycles. The van der Waals surface area contributed by atoms with Crippen molar-refractivity contribution >= 4 is 83.1 Å². The number of hydrogen-bond donors (Lipinski definition) is 2. The van der Waals surface area contributed by atoms with E-state index in [9.17, 15) is 13.2 Å². The summed E-state index contributed by atoms with van der Waals surface area (Å²) in [6, 6.07) is 15.2. The molecule has 0 saturated carbocycles. The van der Waals surface area contributed by atoms with E-state index in [0.29, 0.717) is 37.0 Å². The standard InChI is InChI=1S/C20H12Cl3N3O3S2/c21-12-3-7-14(8-4-12)31(28,29)26-13-5-1-11(2-6-13)19(27)25-20-24-18-16(30-20)10-9-15(22)17(18)23/h1-10,26H,(H,24,25,27). The quantitative estimate of drug-likeness (QED) is 0.328. The number of anilines is 2. The van der Waals surface area contributed by atoms with Crippen molar-refractivity contribution in [1.29, 1.82) is 0 Å². The minimum Gasteiger partial charge on any atom is -0.298 e. The monoisotopic (exact) mass is 511 g/mol. The molecule has 0 bridgehead atoms. The second-order valence-electron chi connectivity index (χ2n) is 6.32. The lowest BCUT2D eigenvalue weighted by Crippen LogP contribution is -2.14. The molecule has 4 aromatic rings. The first kappa shape index (κ1) is 21.9. The van der Waals surface area contributed by atoms with E-state index in [4.69, 9.17) is 34.8 Å². The second kappa shape index (κ2) is 8.64. The highest BCUT2D eigenvalue weighted by atomic mass is 35.5. The minimum absolute atomic E-state index is 0.0771. The van der Waals surface area contributed by atoms with E-state index in [2.05, 4.69) is 15.0 Å². The maximum atomic E-state index is 12.5. The Kier molecular flexibility index (Phi) is 6.09. The normalized spacial score (nSPS) is 11.5. The summed E-state index contributed by atoms with van der Waals surface area (Å²) in [5, 5.41) is 4.23. The van der Waals surface area contributed by atoms with Gasteiger partial charge in [0.15, 0.2) is 5.13 Å². The third kappa shape index (κ3) is 4.78. The van der Waals surface area contributed by atoms with E-state index >= 15 is 0 Å². The second-order valence-corrected chi connectivity index (χ2v) is 10.3. The van der Waals surface area contributed by atoms with E-state index in [-0.39, 0.29) is 4.90 Å². The molecule has 1 amide bonds. The number of rotatable bonds is 5. The summed E-state index contributed by atoms with van der Waals surface area (Å²) in [6.07, 6.45) is 0. The molecule has 0 aliphatic rings. The average molecular weight is 513 g/mol. The third-order valence-corrected chi connectivity index (χ3v) is 7.58. The molecule has 0 aliphatic heterocycles. The van der Waals surface area contributed by atoms with Gasteiger partial charge in [0.1, 0.15) is 5.52 Å². The molecule has 3 aromatic carbocycles. The lowest BCUT2D eigenvalue weighted by Gasteiger charge is -2.09. The molecule has 31 heavy (non-hydrogen) atoms. The molecule has 4 rings (SSSR count). The first-order valence-electron chi connectivity index (χ1n) is 8.67. The highest BCUT2D eigenvalue weighted by molar-refractivity contribution is 7.92. The van der Waals surface area contributed by atoms with E-state index in [1.165, 1.54) is 59.9 Å². The van der Waals surface area contributed by atoms with Crippen molar-refractivity contribution in [1.82, 2.24) is 4.98 Å². The van der Waals surface area contributed by atoms with Gasteiger partial charge in [-0.2, -0.15) is 0 Å². The molecule has 0 fully saturated rings. The molecular weight excluding hydrogens is 501 g/mol. The number of aromatic nitrogens is 1. The van der Waals surface area contributed by atoms with Crippen LogP contribution < -0.4 is 10.0 Å². The van der Waals surface area contributed by atoms with Crippen molar-refractivity contribution in [3.63, 3.8) is 0 Å². The molecule has 1 aromatic heterocycles.